The molecular weight excluding hydrogens is 322 g/mol. The lowest BCUT2D eigenvalue weighted by Gasteiger charge is -2.03. The maximum absolute atomic E-state index is 4.61. The monoisotopic (exact) mass is 347 g/mol. The molecule has 0 aliphatic carbocycles. The zero-order valence-electron chi connectivity index (χ0n) is 16.3. The van der Waals surface area contributed by atoms with E-state index >= 15 is 0 Å². The Morgan fingerprint density at radius 1 is 0.731 bits per heavy atom. The second-order valence-electron chi connectivity index (χ2n) is 6.71. The van der Waals surface area contributed by atoms with Crippen LogP contribution in [-0.2, 0) is 0 Å². The summed E-state index contributed by atoms with van der Waals surface area (Å²) in [5.41, 5.74) is 8.59. The van der Waals surface area contributed by atoms with Gasteiger partial charge in [-0.1, -0.05) is 6.07 Å². The van der Waals surface area contributed by atoms with Crippen LogP contribution < -0.4 is 0 Å². The lowest BCUT2D eigenvalue weighted by Crippen LogP contribution is -2.00. The zero-order chi connectivity index (χ0) is 18.8. The molecule has 3 aromatic rings. The third-order valence-corrected chi connectivity index (χ3v) is 4.70. The van der Waals surface area contributed by atoms with Gasteiger partial charge in [0.15, 0.2) is 0 Å². The van der Waals surface area contributed by atoms with Crippen LogP contribution in [0, 0.1) is 41.5 Å². The highest BCUT2D eigenvalue weighted by molar-refractivity contribution is 5.81. The van der Waals surface area contributed by atoms with Crippen LogP contribution >= 0.6 is 0 Å². The molecule has 5 heteroatoms. The largest absolute Gasteiger partial charge is 0.246 e. The quantitative estimate of drug-likeness (QED) is 0.649. The fourth-order valence-corrected chi connectivity index (χ4v) is 3.02. The molecule has 3 aromatic heterocycles. The summed E-state index contributed by atoms with van der Waals surface area (Å²) in [5, 5.41) is 9.13. The Labute approximate surface area is 154 Å². The first kappa shape index (κ1) is 17.9. The van der Waals surface area contributed by atoms with Crippen molar-refractivity contribution in [2.75, 3.05) is 0 Å². The molecule has 0 aromatic carbocycles. The minimum Gasteiger partial charge on any atom is -0.246 e. The van der Waals surface area contributed by atoms with Gasteiger partial charge in [0.05, 0.1) is 23.8 Å². The highest BCUT2D eigenvalue weighted by atomic mass is 15.4. The van der Waals surface area contributed by atoms with Gasteiger partial charge in [0, 0.05) is 22.8 Å². The van der Waals surface area contributed by atoms with Crippen molar-refractivity contribution in [2.45, 2.75) is 41.5 Å². The highest BCUT2D eigenvalue weighted by Crippen LogP contribution is 2.14. The summed E-state index contributed by atoms with van der Waals surface area (Å²) in [6.07, 6.45) is 3.57. The molecule has 0 aliphatic rings. The van der Waals surface area contributed by atoms with E-state index in [0.29, 0.717) is 0 Å². The number of hydrogen-bond donors (Lipinski definition) is 0. The number of nitrogens with zero attached hydrogens (tertiary/aromatic N) is 5. The maximum atomic E-state index is 4.61. The van der Waals surface area contributed by atoms with Crippen molar-refractivity contribution in [2.24, 2.45) is 10.2 Å². The van der Waals surface area contributed by atoms with Gasteiger partial charge in [0.25, 0.3) is 0 Å². The van der Waals surface area contributed by atoms with E-state index in [0.717, 1.165) is 34.2 Å². The molecule has 0 atom stereocenters. The van der Waals surface area contributed by atoms with Gasteiger partial charge in [-0.25, -0.2) is 14.3 Å². The summed E-state index contributed by atoms with van der Waals surface area (Å²) < 4.78 is 3.88. The van der Waals surface area contributed by atoms with Crippen LogP contribution in [0.2, 0.25) is 0 Å². The molecule has 5 nitrogen and oxygen atoms in total. The number of hydrogen-bond acceptors (Lipinski definition) is 3. The minimum absolute atomic E-state index is 0.802. The van der Waals surface area contributed by atoms with E-state index in [4.69, 9.17) is 0 Å². The Morgan fingerprint density at radius 3 is 1.50 bits per heavy atom. The van der Waals surface area contributed by atoms with Crippen LogP contribution in [0.25, 0.3) is 0 Å². The van der Waals surface area contributed by atoms with Gasteiger partial charge in [0.1, 0.15) is 0 Å². The van der Waals surface area contributed by atoms with Crippen molar-refractivity contribution in [1.29, 1.82) is 0 Å². The Morgan fingerprint density at radius 2 is 1.15 bits per heavy atom. The normalized spacial score (nSPS) is 11.9. The number of aromatic nitrogens is 3. The molecule has 3 rings (SSSR count). The smallest absolute Gasteiger partial charge is 0.0838 e. The van der Waals surface area contributed by atoms with Crippen molar-refractivity contribution in [3.8, 4) is 0 Å². The Hall–Kier alpha value is -2.95. The van der Waals surface area contributed by atoms with Gasteiger partial charge < -0.3 is 0 Å². The van der Waals surface area contributed by atoms with Crippen molar-refractivity contribution in [3.05, 3.63) is 75.6 Å². The molecule has 0 unspecified atom stereocenters. The van der Waals surface area contributed by atoms with E-state index in [1.807, 2.05) is 27.6 Å². The molecule has 0 bridgehead atoms. The first-order valence-corrected chi connectivity index (χ1v) is 8.73. The summed E-state index contributed by atoms with van der Waals surface area (Å²) in [6.45, 7) is 12.4. The van der Waals surface area contributed by atoms with Crippen LogP contribution in [0.5, 0.6) is 0 Å². The SMILES string of the molecule is Cc1cc(C)n(/N=C/c2cccc(/C=N/n3c(C)cc(C)c3C)n2)c1C. The van der Waals surface area contributed by atoms with Gasteiger partial charge >= 0.3 is 0 Å². The summed E-state index contributed by atoms with van der Waals surface area (Å²) in [6, 6.07) is 10.1. The number of aryl methyl sites for hydroxylation is 4. The van der Waals surface area contributed by atoms with Gasteiger partial charge in [0.2, 0.25) is 0 Å². The second kappa shape index (κ2) is 7.12. The van der Waals surface area contributed by atoms with Gasteiger partial charge in [-0.3, -0.25) is 0 Å². The van der Waals surface area contributed by atoms with Gasteiger partial charge in [-0.15, -0.1) is 0 Å². The van der Waals surface area contributed by atoms with Crippen molar-refractivity contribution in [3.63, 3.8) is 0 Å². The molecule has 0 radical (unpaired) electrons. The van der Waals surface area contributed by atoms with E-state index in [1.54, 1.807) is 12.4 Å². The van der Waals surface area contributed by atoms with Gasteiger partial charge in [-0.05, 0) is 76.9 Å². The van der Waals surface area contributed by atoms with Crippen molar-refractivity contribution >= 4 is 12.4 Å². The molecule has 0 spiro atoms. The summed E-state index contributed by atoms with van der Waals surface area (Å²) in [5.74, 6) is 0. The summed E-state index contributed by atoms with van der Waals surface area (Å²) in [7, 11) is 0. The number of pyridine rings is 1. The third-order valence-electron chi connectivity index (χ3n) is 4.70. The molecule has 0 saturated heterocycles. The first-order valence-electron chi connectivity index (χ1n) is 8.73. The summed E-state index contributed by atoms with van der Waals surface area (Å²) >= 11 is 0. The molecule has 26 heavy (non-hydrogen) atoms. The van der Waals surface area contributed by atoms with Crippen LogP contribution in [0.3, 0.4) is 0 Å². The van der Waals surface area contributed by atoms with Crippen molar-refractivity contribution in [1.82, 2.24) is 14.3 Å². The predicted octanol–water partition coefficient (Wildman–Crippen LogP) is 4.30. The molecular formula is C21H25N5. The number of rotatable bonds is 4. The van der Waals surface area contributed by atoms with E-state index in [9.17, 15) is 0 Å². The van der Waals surface area contributed by atoms with E-state index in [1.165, 1.54) is 11.1 Å². The minimum atomic E-state index is 0.802. The molecule has 134 valence electrons. The third kappa shape index (κ3) is 3.52. The Balaban J connectivity index is 1.84. The zero-order valence-corrected chi connectivity index (χ0v) is 16.3. The lowest BCUT2D eigenvalue weighted by atomic mass is 10.3. The maximum Gasteiger partial charge on any atom is 0.0838 e. The molecule has 0 N–H and O–H groups in total. The standard InChI is InChI=1S/C21H25N5/c1-14-10-16(3)25(18(14)5)22-12-20-8-7-9-21(24-20)13-23-26-17(4)11-15(2)19(26)6/h7-13H,1-6H3/b22-12+,23-13+. The second-order valence-corrected chi connectivity index (χ2v) is 6.71. The fourth-order valence-electron chi connectivity index (χ4n) is 3.02. The Kier molecular flexibility index (Phi) is 4.89. The van der Waals surface area contributed by atoms with E-state index < -0.39 is 0 Å². The highest BCUT2D eigenvalue weighted by Gasteiger charge is 2.05. The van der Waals surface area contributed by atoms with Crippen LogP contribution in [0.4, 0.5) is 0 Å². The predicted molar refractivity (Wildman–Crippen MR) is 108 cm³/mol. The average molecular weight is 347 g/mol. The summed E-state index contributed by atoms with van der Waals surface area (Å²) in [4.78, 5) is 4.61. The van der Waals surface area contributed by atoms with E-state index in [2.05, 4.69) is 68.9 Å². The van der Waals surface area contributed by atoms with Crippen LogP contribution in [0.15, 0.2) is 40.5 Å². The molecule has 0 fully saturated rings. The molecule has 0 amide bonds. The average Bonchev–Trinajstić information content (AvgIpc) is 2.99. The van der Waals surface area contributed by atoms with Crippen LogP contribution in [0.1, 0.15) is 45.3 Å². The van der Waals surface area contributed by atoms with Gasteiger partial charge in [-0.2, -0.15) is 10.2 Å². The molecule has 0 saturated carbocycles. The topological polar surface area (TPSA) is 47.5 Å². The first-order chi connectivity index (χ1) is 12.4. The molecule has 3 heterocycles. The van der Waals surface area contributed by atoms with E-state index in [-0.39, 0.29) is 0 Å². The van der Waals surface area contributed by atoms with Crippen LogP contribution in [-0.4, -0.2) is 26.8 Å². The lowest BCUT2D eigenvalue weighted by molar-refractivity contribution is 0.813. The van der Waals surface area contributed by atoms with Crippen molar-refractivity contribution < 1.29 is 0 Å². The Bertz CT molecular complexity index is 924. The fraction of sp³-hybridized carbons (Fsp3) is 0.286. The molecule has 0 aliphatic heterocycles.